The molecule has 3 atom stereocenters. The van der Waals surface area contributed by atoms with E-state index in [2.05, 4.69) is 52.3 Å². The molecule has 0 aromatic heterocycles. The van der Waals surface area contributed by atoms with E-state index in [0.29, 0.717) is 5.57 Å². The average Bonchev–Trinajstić information content (AvgIpc) is 2.79. The fourth-order valence-electron chi connectivity index (χ4n) is 4.93. The van der Waals surface area contributed by atoms with Crippen molar-refractivity contribution in [2.45, 2.75) is 24.7 Å². The Bertz CT molecular complexity index is 1140. The summed E-state index contributed by atoms with van der Waals surface area (Å²) < 4.78 is 0.921. The monoisotopic (exact) mass is 454 g/mol. The van der Waals surface area contributed by atoms with Gasteiger partial charge in [0.1, 0.15) is 6.07 Å². The number of fused-ring (bicyclic) bond motifs is 1. The maximum Gasteiger partial charge on any atom is 0.191 e. The highest BCUT2D eigenvalue weighted by Gasteiger charge is 2.54. The zero-order valence-electron chi connectivity index (χ0n) is 16.2. The van der Waals surface area contributed by atoms with Gasteiger partial charge >= 0.3 is 0 Å². The summed E-state index contributed by atoms with van der Waals surface area (Å²) in [6.07, 6.45) is 3.63. The molecule has 2 aromatic carbocycles. The molecule has 4 nitrogen and oxygen atoms in total. The number of benzene rings is 2. The Balaban J connectivity index is 1.93. The standard InChI is InChI=1S/C25H19BrN4/c26-19-9-6-17(7-10-19)23-21-12-18(16-4-2-1-3-5-16)8-11-20(21)22(13-27)24(30)25(23,14-28)15-29/h1-7,9-11,18,21,23H,8,12,30H2/t18-,21+,23+/m0/s1. The second-order valence-corrected chi connectivity index (χ2v) is 8.72. The molecule has 2 N–H and O–H groups in total. The minimum Gasteiger partial charge on any atom is -0.399 e. The van der Waals surface area contributed by atoms with Crippen molar-refractivity contribution in [1.29, 1.82) is 15.8 Å². The Kier molecular flexibility index (Phi) is 5.21. The van der Waals surface area contributed by atoms with Crippen LogP contribution in [0.3, 0.4) is 0 Å². The molecule has 30 heavy (non-hydrogen) atoms. The van der Waals surface area contributed by atoms with Gasteiger partial charge in [-0.3, -0.25) is 0 Å². The summed E-state index contributed by atoms with van der Waals surface area (Å²) in [6, 6.07) is 24.5. The lowest BCUT2D eigenvalue weighted by Crippen LogP contribution is -2.43. The molecular weight excluding hydrogens is 436 g/mol. The maximum absolute atomic E-state index is 10.2. The third-order valence-electron chi connectivity index (χ3n) is 6.38. The smallest absolute Gasteiger partial charge is 0.191 e. The zero-order chi connectivity index (χ0) is 21.3. The van der Waals surface area contributed by atoms with Crippen molar-refractivity contribution >= 4 is 15.9 Å². The van der Waals surface area contributed by atoms with Gasteiger partial charge in [-0.2, -0.15) is 15.8 Å². The molecule has 0 saturated heterocycles. The highest BCUT2D eigenvalue weighted by Crippen LogP contribution is 2.57. The van der Waals surface area contributed by atoms with Gasteiger partial charge in [0.25, 0.3) is 0 Å². The number of hydrogen-bond acceptors (Lipinski definition) is 4. The third-order valence-corrected chi connectivity index (χ3v) is 6.91. The summed E-state index contributed by atoms with van der Waals surface area (Å²) in [5.41, 5.74) is 8.12. The van der Waals surface area contributed by atoms with E-state index in [1.165, 1.54) is 5.56 Å². The van der Waals surface area contributed by atoms with E-state index in [1.807, 2.05) is 42.5 Å². The van der Waals surface area contributed by atoms with Gasteiger partial charge in [0.2, 0.25) is 0 Å². The molecule has 0 spiro atoms. The van der Waals surface area contributed by atoms with Crippen LogP contribution in [0.4, 0.5) is 0 Å². The predicted octanol–water partition coefficient (Wildman–Crippen LogP) is 5.44. The minimum absolute atomic E-state index is 0.0728. The number of allylic oxidation sites excluding steroid dienone is 4. The molecule has 0 bridgehead atoms. The van der Waals surface area contributed by atoms with Crippen molar-refractivity contribution in [2.24, 2.45) is 17.1 Å². The second kappa shape index (κ2) is 7.83. The topological polar surface area (TPSA) is 97.4 Å². The van der Waals surface area contributed by atoms with Gasteiger partial charge in [-0.25, -0.2) is 0 Å². The SMILES string of the molecule is N#CC1=C(N)C(C#N)(C#N)[C@H](c2ccc(Br)cc2)[C@@H]2C[C@@H](c3ccccc3)CC=C12. The van der Waals surface area contributed by atoms with Crippen molar-refractivity contribution < 1.29 is 0 Å². The maximum atomic E-state index is 10.2. The summed E-state index contributed by atoms with van der Waals surface area (Å²) in [4.78, 5) is 0. The van der Waals surface area contributed by atoms with E-state index in [-0.39, 0.29) is 17.5 Å². The Labute approximate surface area is 184 Å². The lowest BCUT2D eigenvalue weighted by molar-refractivity contribution is 0.303. The van der Waals surface area contributed by atoms with Crippen LogP contribution in [0.15, 0.2) is 82.0 Å². The van der Waals surface area contributed by atoms with E-state index in [1.54, 1.807) is 0 Å². The van der Waals surface area contributed by atoms with Crippen LogP contribution in [0.5, 0.6) is 0 Å². The fraction of sp³-hybridized carbons (Fsp3) is 0.240. The van der Waals surface area contributed by atoms with Crippen LogP contribution in [0.2, 0.25) is 0 Å². The van der Waals surface area contributed by atoms with Crippen LogP contribution in [-0.2, 0) is 0 Å². The molecule has 0 radical (unpaired) electrons. The largest absolute Gasteiger partial charge is 0.399 e. The van der Waals surface area contributed by atoms with Crippen LogP contribution in [0, 0.1) is 45.3 Å². The molecule has 2 aliphatic carbocycles. The number of nitriles is 3. The van der Waals surface area contributed by atoms with E-state index < -0.39 is 11.3 Å². The molecular formula is C25H19BrN4. The predicted molar refractivity (Wildman–Crippen MR) is 117 cm³/mol. The van der Waals surface area contributed by atoms with Gasteiger partial charge in [0.15, 0.2) is 5.41 Å². The molecule has 146 valence electrons. The molecule has 5 heteroatoms. The van der Waals surface area contributed by atoms with Crippen LogP contribution >= 0.6 is 15.9 Å². The van der Waals surface area contributed by atoms with Crippen LogP contribution in [0.1, 0.15) is 35.8 Å². The number of hydrogen-bond donors (Lipinski definition) is 1. The van der Waals surface area contributed by atoms with Crippen LogP contribution in [-0.4, -0.2) is 0 Å². The summed E-state index contributed by atoms with van der Waals surface area (Å²) in [7, 11) is 0. The van der Waals surface area contributed by atoms with Crippen LogP contribution < -0.4 is 5.73 Å². The quantitative estimate of drug-likeness (QED) is 0.652. The first-order chi connectivity index (χ1) is 14.6. The molecule has 0 amide bonds. The van der Waals surface area contributed by atoms with Crippen LogP contribution in [0.25, 0.3) is 0 Å². The molecule has 4 rings (SSSR count). The van der Waals surface area contributed by atoms with Gasteiger partial charge in [-0.15, -0.1) is 0 Å². The van der Waals surface area contributed by atoms with Crippen molar-refractivity contribution in [3.05, 3.63) is 93.1 Å². The summed E-state index contributed by atoms with van der Waals surface area (Å²) >= 11 is 3.46. The normalized spacial score (nSPS) is 24.6. The number of halogens is 1. The Morgan fingerprint density at radius 1 is 0.933 bits per heavy atom. The minimum atomic E-state index is -1.58. The van der Waals surface area contributed by atoms with E-state index in [9.17, 15) is 15.8 Å². The molecule has 0 saturated carbocycles. The van der Waals surface area contributed by atoms with Gasteiger partial charge in [-0.05, 0) is 53.5 Å². The Morgan fingerprint density at radius 2 is 1.60 bits per heavy atom. The van der Waals surface area contributed by atoms with Gasteiger partial charge in [-0.1, -0.05) is 64.5 Å². The molecule has 0 aliphatic heterocycles. The highest BCUT2D eigenvalue weighted by molar-refractivity contribution is 9.10. The summed E-state index contributed by atoms with van der Waals surface area (Å²) in [5.74, 6) is -0.339. The number of nitrogens with zero attached hydrogens (tertiary/aromatic N) is 3. The number of rotatable bonds is 2. The lowest BCUT2D eigenvalue weighted by Gasteiger charge is -2.45. The first kappa shape index (κ1) is 20.0. The second-order valence-electron chi connectivity index (χ2n) is 7.81. The van der Waals surface area contributed by atoms with Crippen molar-refractivity contribution in [3.8, 4) is 18.2 Å². The Hall–Kier alpha value is -3.33. The first-order valence-electron chi connectivity index (χ1n) is 9.79. The molecule has 0 fully saturated rings. The highest BCUT2D eigenvalue weighted by atomic mass is 79.9. The van der Waals surface area contributed by atoms with Crippen molar-refractivity contribution in [2.75, 3.05) is 0 Å². The third kappa shape index (κ3) is 3.02. The molecule has 2 aliphatic rings. The first-order valence-corrected chi connectivity index (χ1v) is 10.6. The van der Waals surface area contributed by atoms with E-state index in [0.717, 1.165) is 28.5 Å². The molecule has 0 unspecified atom stereocenters. The fourth-order valence-corrected chi connectivity index (χ4v) is 5.20. The molecule has 0 heterocycles. The van der Waals surface area contributed by atoms with Crippen molar-refractivity contribution in [1.82, 2.24) is 0 Å². The van der Waals surface area contributed by atoms with E-state index >= 15 is 0 Å². The van der Waals surface area contributed by atoms with Gasteiger partial charge in [0, 0.05) is 10.4 Å². The number of nitrogens with two attached hydrogens (primary N) is 1. The summed E-state index contributed by atoms with van der Waals surface area (Å²) in [5, 5.41) is 30.2. The average molecular weight is 455 g/mol. The lowest BCUT2D eigenvalue weighted by atomic mass is 9.55. The Morgan fingerprint density at radius 3 is 2.20 bits per heavy atom. The molecule has 2 aromatic rings. The van der Waals surface area contributed by atoms with Gasteiger partial charge in [0.05, 0.1) is 23.4 Å². The van der Waals surface area contributed by atoms with E-state index in [4.69, 9.17) is 5.73 Å². The summed E-state index contributed by atoms with van der Waals surface area (Å²) in [6.45, 7) is 0. The van der Waals surface area contributed by atoms with Gasteiger partial charge < -0.3 is 5.73 Å². The zero-order valence-corrected chi connectivity index (χ0v) is 17.8. The van der Waals surface area contributed by atoms with Crippen molar-refractivity contribution in [3.63, 3.8) is 0 Å².